The Labute approximate surface area is 103 Å². The third-order valence-corrected chi connectivity index (χ3v) is 3.45. The Bertz CT molecular complexity index is 378. The van der Waals surface area contributed by atoms with E-state index in [9.17, 15) is 0 Å². The minimum Gasteiger partial charge on any atom is -0.378 e. The SMILES string of the molecule is CCCCc1nc(=S)c(Br)c(COC)[nH]1. The van der Waals surface area contributed by atoms with Crippen LogP contribution in [0.4, 0.5) is 0 Å². The van der Waals surface area contributed by atoms with Gasteiger partial charge in [0.05, 0.1) is 16.8 Å². The molecule has 5 heteroatoms. The van der Waals surface area contributed by atoms with Gasteiger partial charge in [0, 0.05) is 13.5 Å². The first-order valence-electron chi connectivity index (χ1n) is 4.95. The monoisotopic (exact) mass is 290 g/mol. The van der Waals surface area contributed by atoms with Gasteiger partial charge in [-0.25, -0.2) is 4.98 Å². The van der Waals surface area contributed by atoms with Gasteiger partial charge in [-0.1, -0.05) is 25.6 Å². The van der Waals surface area contributed by atoms with Crippen molar-refractivity contribution in [2.24, 2.45) is 0 Å². The molecule has 1 aromatic heterocycles. The van der Waals surface area contributed by atoms with Crippen LogP contribution < -0.4 is 0 Å². The van der Waals surface area contributed by atoms with Gasteiger partial charge in [0.15, 0.2) is 0 Å². The van der Waals surface area contributed by atoms with Crippen LogP contribution in [0, 0.1) is 4.64 Å². The average Bonchev–Trinajstić information content (AvgIpc) is 2.22. The molecule has 0 unspecified atom stereocenters. The molecule has 0 aromatic carbocycles. The van der Waals surface area contributed by atoms with E-state index in [4.69, 9.17) is 17.0 Å². The number of rotatable bonds is 5. The molecule has 0 saturated heterocycles. The molecule has 0 aliphatic carbocycles. The van der Waals surface area contributed by atoms with E-state index >= 15 is 0 Å². The van der Waals surface area contributed by atoms with E-state index in [0.717, 1.165) is 35.3 Å². The highest BCUT2D eigenvalue weighted by atomic mass is 79.9. The smallest absolute Gasteiger partial charge is 0.144 e. The summed E-state index contributed by atoms with van der Waals surface area (Å²) in [7, 11) is 1.66. The molecule has 1 N–H and O–H groups in total. The van der Waals surface area contributed by atoms with Crippen molar-refractivity contribution in [1.82, 2.24) is 9.97 Å². The summed E-state index contributed by atoms with van der Waals surface area (Å²) in [6.07, 6.45) is 3.20. The second-order valence-electron chi connectivity index (χ2n) is 3.32. The Hall–Kier alpha value is -0.260. The van der Waals surface area contributed by atoms with Crippen LogP contribution in [0.1, 0.15) is 31.3 Å². The maximum absolute atomic E-state index is 5.16. The lowest BCUT2D eigenvalue weighted by atomic mass is 10.2. The maximum atomic E-state index is 5.16. The molecular weight excluding hydrogens is 276 g/mol. The minimum absolute atomic E-state index is 0.520. The number of hydrogen-bond acceptors (Lipinski definition) is 3. The fraction of sp³-hybridized carbons (Fsp3) is 0.600. The average molecular weight is 291 g/mol. The molecule has 15 heavy (non-hydrogen) atoms. The van der Waals surface area contributed by atoms with Crippen LogP contribution in [0.2, 0.25) is 0 Å². The Morgan fingerprint density at radius 2 is 2.27 bits per heavy atom. The summed E-state index contributed by atoms with van der Waals surface area (Å²) in [5.74, 6) is 0.942. The number of ether oxygens (including phenoxy) is 1. The number of halogens is 1. The number of aromatic amines is 1. The van der Waals surface area contributed by atoms with Crippen LogP contribution in [-0.4, -0.2) is 17.1 Å². The zero-order valence-corrected chi connectivity index (χ0v) is 11.4. The number of aromatic nitrogens is 2. The van der Waals surface area contributed by atoms with Gasteiger partial charge in [0.25, 0.3) is 0 Å². The van der Waals surface area contributed by atoms with E-state index in [2.05, 4.69) is 32.8 Å². The van der Waals surface area contributed by atoms with Gasteiger partial charge in [-0.05, 0) is 22.4 Å². The van der Waals surface area contributed by atoms with Gasteiger partial charge in [0.1, 0.15) is 10.5 Å². The zero-order valence-electron chi connectivity index (χ0n) is 8.97. The van der Waals surface area contributed by atoms with Crippen molar-refractivity contribution < 1.29 is 4.74 Å². The Kier molecular flexibility index (Phi) is 5.42. The van der Waals surface area contributed by atoms with E-state index < -0.39 is 0 Å². The van der Waals surface area contributed by atoms with E-state index in [0.29, 0.717) is 11.2 Å². The normalized spacial score (nSPS) is 10.6. The van der Waals surface area contributed by atoms with Gasteiger partial charge in [-0.15, -0.1) is 0 Å². The van der Waals surface area contributed by atoms with Crippen LogP contribution in [0.5, 0.6) is 0 Å². The topological polar surface area (TPSA) is 37.9 Å². The Morgan fingerprint density at radius 1 is 1.53 bits per heavy atom. The molecule has 0 spiro atoms. The van der Waals surface area contributed by atoms with Crippen molar-refractivity contribution in [3.63, 3.8) is 0 Å². The summed E-state index contributed by atoms with van der Waals surface area (Å²) in [5, 5.41) is 0. The number of H-pyrrole nitrogens is 1. The van der Waals surface area contributed by atoms with Crippen LogP contribution in [-0.2, 0) is 17.8 Å². The quantitative estimate of drug-likeness (QED) is 0.845. The molecule has 0 aliphatic rings. The maximum Gasteiger partial charge on any atom is 0.144 e. The lowest BCUT2D eigenvalue weighted by Crippen LogP contribution is -2.02. The van der Waals surface area contributed by atoms with Crippen LogP contribution in [0.25, 0.3) is 0 Å². The molecule has 0 radical (unpaired) electrons. The molecule has 1 heterocycles. The molecule has 1 rings (SSSR count). The Balaban J connectivity index is 2.95. The number of methoxy groups -OCH3 is 1. The number of nitrogens with one attached hydrogen (secondary N) is 1. The van der Waals surface area contributed by atoms with Crippen molar-refractivity contribution in [1.29, 1.82) is 0 Å². The molecule has 0 atom stereocenters. The van der Waals surface area contributed by atoms with Gasteiger partial charge in [-0.2, -0.15) is 0 Å². The summed E-state index contributed by atoms with van der Waals surface area (Å²) in [4.78, 5) is 7.55. The van der Waals surface area contributed by atoms with Crippen LogP contribution >= 0.6 is 28.1 Å². The first-order chi connectivity index (χ1) is 7.19. The first-order valence-corrected chi connectivity index (χ1v) is 6.15. The number of hydrogen-bond donors (Lipinski definition) is 1. The largest absolute Gasteiger partial charge is 0.378 e. The molecule has 84 valence electrons. The molecule has 3 nitrogen and oxygen atoms in total. The zero-order chi connectivity index (χ0) is 11.3. The van der Waals surface area contributed by atoms with Crippen LogP contribution in [0.3, 0.4) is 0 Å². The minimum atomic E-state index is 0.520. The third-order valence-electron chi connectivity index (χ3n) is 2.04. The molecular formula is C10H15BrN2OS. The summed E-state index contributed by atoms with van der Waals surface area (Å²) < 4.78 is 6.52. The highest BCUT2D eigenvalue weighted by Gasteiger charge is 2.05. The summed E-state index contributed by atoms with van der Waals surface area (Å²) in [5.41, 5.74) is 0.962. The number of unbranched alkanes of at least 4 members (excludes halogenated alkanes) is 1. The summed E-state index contributed by atoms with van der Waals surface area (Å²) >= 11 is 8.56. The van der Waals surface area contributed by atoms with Gasteiger partial charge < -0.3 is 9.72 Å². The van der Waals surface area contributed by atoms with Crippen molar-refractivity contribution in [3.8, 4) is 0 Å². The Morgan fingerprint density at radius 3 is 2.87 bits per heavy atom. The summed E-state index contributed by atoms with van der Waals surface area (Å²) in [6, 6.07) is 0. The molecule has 1 aromatic rings. The summed E-state index contributed by atoms with van der Waals surface area (Å²) in [6.45, 7) is 2.68. The predicted molar refractivity (Wildman–Crippen MR) is 66.4 cm³/mol. The molecule has 0 saturated carbocycles. The van der Waals surface area contributed by atoms with E-state index in [1.165, 1.54) is 0 Å². The van der Waals surface area contributed by atoms with E-state index in [1.54, 1.807) is 7.11 Å². The second-order valence-corrected chi connectivity index (χ2v) is 4.50. The van der Waals surface area contributed by atoms with Gasteiger partial charge >= 0.3 is 0 Å². The van der Waals surface area contributed by atoms with Gasteiger partial charge in [-0.3, -0.25) is 0 Å². The highest BCUT2D eigenvalue weighted by molar-refractivity contribution is 9.10. The number of aryl methyl sites for hydroxylation is 1. The van der Waals surface area contributed by atoms with Crippen LogP contribution in [0.15, 0.2) is 4.47 Å². The third kappa shape index (κ3) is 3.66. The lowest BCUT2D eigenvalue weighted by molar-refractivity contribution is 0.180. The van der Waals surface area contributed by atoms with Gasteiger partial charge in [0.2, 0.25) is 0 Å². The van der Waals surface area contributed by atoms with Crippen molar-refractivity contribution >= 4 is 28.1 Å². The standard InChI is InChI=1S/C10H15BrN2OS/c1-3-4-5-8-12-7(6-14-2)9(11)10(15)13-8/h3-6H2,1-2H3,(H,12,13,15). The molecule has 0 bridgehead atoms. The number of nitrogens with zero attached hydrogens (tertiary/aromatic N) is 1. The molecule has 0 aliphatic heterocycles. The fourth-order valence-corrected chi connectivity index (χ4v) is 1.80. The van der Waals surface area contributed by atoms with Crippen molar-refractivity contribution in [2.45, 2.75) is 32.8 Å². The lowest BCUT2D eigenvalue weighted by Gasteiger charge is -2.07. The predicted octanol–water partition coefficient (Wildman–Crippen LogP) is 3.39. The second kappa shape index (κ2) is 6.35. The highest BCUT2D eigenvalue weighted by Crippen LogP contribution is 2.17. The fourth-order valence-electron chi connectivity index (χ4n) is 1.26. The molecule has 0 fully saturated rings. The molecule has 0 amide bonds. The first kappa shape index (κ1) is 12.8. The van der Waals surface area contributed by atoms with E-state index in [-0.39, 0.29) is 0 Å². The van der Waals surface area contributed by atoms with E-state index in [1.807, 2.05) is 0 Å². The van der Waals surface area contributed by atoms with Crippen molar-refractivity contribution in [3.05, 3.63) is 20.6 Å². The van der Waals surface area contributed by atoms with Crippen molar-refractivity contribution in [2.75, 3.05) is 7.11 Å².